The summed E-state index contributed by atoms with van der Waals surface area (Å²) in [6, 6.07) is 0.0417. The maximum absolute atomic E-state index is 12.3. The van der Waals surface area contributed by atoms with Crippen molar-refractivity contribution in [2.24, 2.45) is 0 Å². The van der Waals surface area contributed by atoms with Crippen molar-refractivity contribution in [3.8, 4) is 0 Å². The maximum Gasteiger partial charge on any atom is 0.344 e. The number of hydrogen-bond acceptors (Lipinski definition) is 4. The predicted molar refractivity (Wildman–Crippen MR) is 62.5 cm³/mol. The van der Waals surface area contributed by atoms with E-state index in [1.54, 1.807) is 4.57 Å². The molecular formula is C11H17N5O. The fraction of sp³-hybridized carbons (Fsp3) is 0.636. The molecule has 1 N–H and O–H groups in total. The lowest BCUT2D eigenvalue weighted by Crippen LogP contribution is -2.52. The summed E-state index contributed by atoms with van der Waals surface area (Å²) in [5.74, 6) is 0.792. The van der Waals surface area contributed by atoms with Gasteiger partial charge in [0.05, 0.1) is 17.9 Å². The van der Waals surface area contributed by atoms with Gasteiger partial charge in [-0.1, -0.05) is 0 Å². The molecule has 6 heteroatoms. The van der Waals surface area contributed by atoms with E-state index in [1.165, 1.54) is 0 Å². The normalized spacial score (nSPS) is 21.1. The highest BCUT2D eigenvalue weighted by Crippen LogP contribution is 2.23. The molecule has 0 unspecified atom stereocenters. The molecule has 0 bridgehead atoms. The minimum atomic E-state index is 0.0417. The molecule has 1 aromatic rings. The number of carbonyl (C=O) groups is 1. The van der Waals surface area contributed by atoms with E-state index in [2.05, 4.69) is 15.3 Å². The van der Waals surface area contributed by atoms with Gasteiger partial charge in [0.1, 0.15) is 5.82 Å². The summed E-state index contributed by atoms with van der Waals surface area (Å²) >= 11 is 0. The number of amides is 1. The second kappa shape index (κ2) is 3.82. The van der Waals surface area contributed by atoms with Crippen molar-refractivity contribution in [1.82, 2.24) is 24.9 Å². The molecule has 92 valence electrons. The number of aryl methyl sites for hydroxylation is 2. The fourth-order valence-electron chi connectivity index (χ4n) is 2.59. The van der Waals surface area contributed by atoms with Crippen molar-refractivity contribution >= 4 is 6.03 Å². The number of imidazole rings is 1. The van der Waals surface area contributed by atoms with Crippen molar-refractivity contribution in [1.29, 1.82) is 0 Å². The average Bonchev–Trinajstić information content (AvgIpc) is 2.81. The molecule has 2 aliphatic rings. The van der Waals surface area contributed by atoms with E-state index < -0.39 is 0 Å². The van der Waals surface area contributed by atoms with Gasteiger partial charge in [0.25, 0.3) is 0 Å². The second-order valence-electron chi connectivity index (χ2n) is 4.57. The van der Waals surface area contributed by atoms with Crippen molar-refractivity contribution in [3.63, 3.8) is 0 Å². The maximum atomic E-state index is 12.3. The van der Waals surface area contributed by atoms with Gasteiger partial charge in [0.2, 0.25) is 0 Å². The zero-order valence-corrected chi connectivity index (χ0v) is 10.2. The summed E-state index contributed by atoms with van der Waals surface area (Å²) in [6.45, 7) is 8.17. The van der Waals surface area contributed by atoms with Crippen LogP contribution in [0.15, 0.2) is 0 Å². The molecule has 0 aromatic carbocycles. The van der Waals surface area contributed by atoms with Gasteiger partial charge in [0.15, 0.2) is 0 Å². The lowest BCUT2D eigenvalue weighted by atomic mass is 10.3. The average molecular weight is 235 g/mol. The van der Waals surface area contributed by atoms with Gasteiger partial charge in [-0.2, -0.15) is 0 Å². The number of fused-ring (bicyclic) bond motifs is 1. The van der Waals surface area contributed by atoms with Crippen LogP contribution >= 0.6 is 0 Å². The van der Waals surface area contributed by atoms with Crippen molar-refractivity contribution in [2.75, 3.05) is 26.2 Å². The van der Waals surface area contributed by atoms with E-state index in [4.69, 9.17) is 0 Å². The van der Waals surface area contributed by atoms with Crippen LogP contribution in [0.1, 0.15) is 17.2 Å². The minimum Gasteiger partial charge on any atom is -0.314 e. The summed E-state index contributed by atoms with van der Waals surface area (Å²) in [5, 5.41) is 7.27. The summed E-state index contributed by atoms with van der Waals surface area (Å²) < 4.78 is 1.73. The van der Waals surface area contributed by atoms with Gasteiger partial charge in [-0.3, -0.25) is 5.01 Å². The molecule has 1 fully saturated rings. The Labute approximate surface area is 100 Å². The van der Waals surface area contributed by atoms with Crippen LogP contribution in [0.3, 0.4) is 0 Å². The molecule has 1 amide bonds. The number of carbonyl (C=O) groups excluding carboxylic acids is 1. The lowest BCUT2D eigenvalue weighted by Gasteiger charge is -2.34. The van der Waals surface area contributed by atoms with E-state index in [0.717, 1.165) is 43.4 Å². The Morgan fingerprint density at radius 1 is 1.24 bits per heavy atom. The third-order valence-electron chi connectivity index (χ3n) is 3.49. The van der Waals surface area contributed by atoms with Crippen LogP contribution in [0, 0.1) is 13.8 Å². The first-order valence-corrected chi connectivity index (χ1v) is 6.01. The molecule has 6 nitrogen and oxygen atoms in total. The zero-order valence-electron chi connectivity index (χ0n) is 10.2. The molecular weight excluding hydrogens is 218 g/mol. The van der Waals surface area contributed by atoms with Gasteiger partial charge in [-0.05, 0) is 13.8 Å². The van der Waals surface area contributed by atoms with E-state index >= 15 is 0 Å². The first-order chi connectivity index (χ1) is 8.18. The minimum absolute atomic E-state index is 0.0417. The molecule has 0 radical (unpaired) electrons. The first kappa shape index (κ1) is 10.7. The number of hydrazine groups is 1. The predicted octanol–water partition coefficient (Wildman–Crippen LogP) is 0.104. The molecule has 0 spiro atoms. The molecule has 1 saturated heterocycles. The van der Waals surface area contributed by atoms with E-state index in [9.17, 15) is 4.79 Å². The second-order valence-corrected chi connectivity index (χ2v) is 4.57. The Bertz CT molecular complexity index is 461. The standard InChI is InChI=1S/C11H17N5O/c1-8-10-7-15(14-5-3-12-4-6-14)11(17)16(10)9(2)13-8/h12H,3-7H2,1-2H3. The Morgan fingerprint density at radius 2 is 1.94 bits per heavy atom. The van der Waals surface area contributed by atoms with Crippen LogP contribution in [0.2, 0.25) is 0 Å². The Kier molecular flexibility index (Phi) is 2.41. The molecule has 0 aliphatic carbocycles. The van der Waals surface area contributed by atoms with Crippen LogP contribution in [0.4, 0.5) is 4.79 Å². The van der Waals surface area contributed by atoms with Crippen LogP contribution in [0.5, 0.6) is 0 Å². The molecule has 17 heavy (non-hydrogen) atoms. The SMILES string of the molecule is Cc1nc(C)n2c1CN(N1CCNCC1)C2=O. The molecule has 3 heterocycles. The Morgan fingerprint density at radius 3 is 2.59 bits per heavy atom. The highest BCUT2D eigenvalue weighted by molar-refractivity contribution is 5.80. The lowest BCUT2D eigenvalue weighted by molar-refractivity contribution is 0.00785. The van der Waals surface area contributed by atoms with E-state index in [1.807, 2.05) is 18.9 Å². The molecule has 1 aromatic heterocycles. The smallest absolute Gasteiger partial charge is 0.314 e. The summed E-state index contributed by atoms with van der Waals surface area (Å²) in [7, 11) is 0. The molecule has 0 atom stereocenters. The van der Waals surface area contributed by atoms with Gasteiger partial charge in [0, 0.05) is 26.2 Å². The fourth-order valence-corrected chi connectivity index (χ4v) is 2.59. The van der Waals surface area contributed by atoms with Crippen LogP contribution < -0.4 is 5.32 Å². The van der Waals surface area contributed by atoms with Gasteiger partial charge < -0.3 is 5.32 Å². The topological polar surface area (TPSA) is 53.4 Å². The number of piperazine rings is 1. The number of rotatable bonds is 1. The van der Waals surface area contributed by atoms with Gasteiger partial charge in [-0.25, -0.2) is 19.4 Å². The number of aromatic nitrogens is 2. The first-order valence-electron chi connectivity index (χ1n) is 6.01. The summed E-state index contributed by atoms with van der Waals surface area (Å²) in [6.07, 6.45) is 0. The van der Waals surface area contributed by atoms with Crippen LogP contribution in [-0.4, -0.2) is 51.8 Å². The van der Waals surface area contributed by atoms with Crippen molar-refractivity contribution in [2.45, 2.75) is 20.4 Å². The van der Waals surface area contributed by atoms with E-state index in [0.29, 0.717) is 6.54 Å². The van der Waals surface area contributed by atoms with Crippen molar-refractivity contribution in [3.05, 3.63) is 17.2 Å². The highest BCUT2D eigenvalue weighted by Gasteiger charge is 2.34. The van der Waals surface area contributed by atoms with E-state index in [-0.39, 0.29) is 6.03 Å². The van der Waals surface area contributed by atoms with Crippen LogP contribution in [0.25, 0.3) is 0 Å². The monoisotopic (exact) mass is 235 g/mol. The van der Waals surface area contributed by atoms with Crippen molar-refractivity contribution < 1.29 is 4.79 Å². The summed E-state index contributed by atoms with van der Waals surface area (Å²) in [4.78, 5) is 16.7. The van der Waals surface area contributed by atoms with Gasteiger partial charge >= 0.3 is 6.03 Å². The largest absolute Gasteiger partial charge is 0.344 e. The Hall–Kier alpha value is -1.40. The van der Waals surface area contributed by atoms with Crippen LogP contribution in [-0.2, 0) is 6.54 Å². The number of nitrogens with one attached hydrogen (secondary N) is 1. The third-order valence-corrected chi connectivity index (χ3v) is 3.49. The highest BCUT2D eigenvalue weighted by atomic mass is 16.2. The molecule has 3 rings (SSSR count). The van der Waals surface area contributed by atoms with Gasteiger partial charge in [-0.15, -0.1) is 0 Å². The third kappa shape index (κ3) is 1.56. The number of nitrogens with zero attached hydrogens (tertiary/aromatic N) is 4. The molecule has 2 aliphatic heterocycles. The quantitative estimate of drug-likeness (QED) is 0.750. The molecule has 0 saturated carbocycles. The zero-order chi connectivity index (χ0) is 12.0. The number of hydrogen-bond donors (Lipinski definition) is 1. The summed E-state index contributed by atoms with van der Waals surface area (Å²) in [5.41, 5.74) is 2.00. The Balaban J connectivity index is 1.88.